The number of hydrogen-bond donors (Lipinski definition) is 2. The number of hydrogen-bond acceptors (Lipinski definition) is 2. The van der Waals surface area contributed by atoms with Crippen molar-refractivity contribution in [3.05, 3.63) is 27.1 Å². The molecule has 2 rings (SSSR count). The summed E-state index contributed by atoms with van der Waals surface area (Å²) in [6.07, 6.45) is 6.05. The number of aliphatic hydroxyl groups is 1. The standard InChI is InChI=1S/C14H19Br2NO/c15-11-4-5-13(12(16)8-11)17-9-14(10-18)6-2-1-3-7-14/h4-5,8,17-18H,1-3,6-7,9-10H2. The summed E-state index contributed by atoms with van der Waals surface area (Å²) in [5.41, 5.74) is 1.17. The van der Waals surface area contributed by atoms with E-state index >= 15 is 0 Å². The monoisotopic (exact) mass is 375 g/mol. The molecule has 1 aromatic carbocycles. The molecule has 0 amide bonds. The Balaban J connectivity index is 2.01. The SMILES string of the molecule is OCC1(CNc2ccc(Br)cc2Br)CCCCC1. The molecule has 2 nitrogen and oxygen atoms in total. The van der Waals surface area contributed by atoms with Gasteiger partial charge in [-0.1, -0.05) is 35.2 Å². The second-order valence-electron chi connectivity index (χ2n) is 5.20. The molecule has 0 atom stereocenters. The number of nitrogens with one attached hydrogen (secondary N) is 1. The van der Waals surface area contributed by atoms with Crippen LogP contribution in [-0.2, 0) is 0 Å². The van der Waals surface area contributed by atoms with Crippen molar-refractivity contribution in [2.45, 2.75) is 32.1 Å². The molecular weight excluding hydrogens is 358 g/mol. The Morgan fingerprint density at radius 1 is 1.17 bits per heavy atom. The molecule has 2 N–H and O–H groups in total. The van der Waals surface area contributed by atoms with Gasteiger partial charge in [0, 0.05) is 26.6 Å². The first-order valence-electron chi connectivity index (χ1n) is 6.45. The molecule has 1 fully saturated rings. The Labute approximate surface area is 125 Å². The summed E-state index contributed by atoms with van der Waals surface area (Å²) < 4.78 is 2.12. The van der Waals surface area contributed by atoms with E-state index in [-0.39, 0.29) is 12.0 Å². The molecule has 100 valence electrons. The number of rotatable bonds is 4. The highest BCUT2D eigenvalue weighted by Crippen LogP contribution is 2.36. The maximum Gasteiger partial charge on any atom is 0.0504 e. The first kappa shape index (κ1) is 14.4. The third-order valence-electron chi connectivity index (χ3n) is 3.83. The summed E-state index contributed by atoms with van der Waals surface area (Å²) in [6, 6.07) is 6.12. The smallest absolute Gasteiger partial charge is 0.0504 e. The van der Waals surface area contributed by atoms with Gasteiger partial charge in [-0.3, -0.25) is 0 Å². The lowest BCUT2D eigenvalue weighted by atomic mass is 9.74. The fraction of sp³-hybridized carbons (Fsp3) is 0.571. The van der Waals surface area contributed by atoms with E-state index < -0.39 is 0 Å². The first-order chi connectivity index (χ1) is 8.65. The maximum atomic E-state index is 9.67. The average Bonchev–Trinajstić information content (AvgIpc) is 2.39. The van der Waals surface area contributed by atoms with E-state index in [0.717, 1.165) is 34.0 Å². The minimum absolute atomic E-state index is 0.0742. The summed E-state index contributed by atoms with van der Waals surface area (Å²) in [6.45, 7) is 1.14. The maximum absolute atomic E-state index is 9.67. The molecule has 0 saturated heterocycles. The third-order valence-corrected chi connectivity index (χ3v) is 4.98. The van der Waals surface area contributed by atoms with Gasteiger partial charge in [0.2, 0.25) is 0 Å². The van der Waals surface area contributed by atoms with Gasteiger partial charge in [-0.05, 0) is 47.0 Å². The van der Waals surface area contributed by atoms with Crippen molar-refractivity contribution >= 4 is 37.5 Å². The summed E-state index contributed by atoms with van der Waals surface area (Å²) in [5, 5.41) is 13.1. The Bertz CT molecular complexity index is 403. The predicted molar refractivity (Wildman–Crippen MR) is 82.9 cm³/mol. The lowest BCUT2D eigenvalue weighted by molar-refractivity contribution is 0.0944. The Morgan fingerprint density at radius 3 is 2.50 bits per heavy atom. The van der Waals surface area contributed by atoms with Crippen molar-refractivity contribution in [1.82, 2.24) is 0 Å². The van der Waals surface area contributed by atoms with Gasteiger partial charge in [0.05, 0.1) is 6.61 Å². The molecule has 0 bridgehead atoms. The van der Waals surface area contributed by atoms with Crippen LogP contribution in [0.1, 0.15) is 32.1 Å². The number of aliphatic hydroxyl groups excluding tert-OH is 1. The molecular formula is C14H19Br2NO. The van der Waals surface area contributed by atoms with Crippen molar-refractivity contribution in [2.24, 2.45) is 5.41 Å². The van der Waals surface area contributed by atoms with Crippen LogP contribution in [0.4, 0.5) is 5.69 Å². The number of halogens is 2. The summed E-state index contributed by atoms with van der Waals surface area (Å²) in [7, 11) is 0. The van der Waals surface area contributed by atoms with Gasteiger partial charge in [0.1, 0.15) is 0 Å². The van der Waals surface area contributed by atoms with Crippen LogP contribution in [0.3, 0.4) is 0 Å². The average molecular weight is 377 g/mol. The van der Waals surface area contributed by atoms with E-state index in [1.807, 2.05) is 12.1 Å². The Kier molecular flexibility index (Phi) is 5.10. The van der Waals surface area contributed by atoms with Crippen molar-refractivity contribution in [3.63, 3.8) is 0 Å². The molecule has 1 aromatic rings. The van der Waals surface area contributed by atoms with Crippen LogP contribution in [0.5, 0.6) is 0 Å². The molecule has 0 radical (unpaired) electrons. The van der Waals surface area contributed by atoms with Crippen LogP contribution >= 0.6 is 31.9 Å². The lowest BCUT2D eigenvalue weighted by Gasteiger charge is -2.36. The zero-order chi connectivity index (χ0) is 13.0. The van der Waals surface area contributed by atoms with Gasteiger partial charge >= 0.3 is 0 Å². The largest absolute Gasteiger partial charge is 0.396 e. The van der Waals surface area contributed by atoms with Gasteiger partial charge in [0.15, 0.2) is 0 Å². The van der Waals surface area contributed by atoms with Crippen molar-refractivity contribution in [1.29, 1.82) is 0 Å². The molecule has 1 aliphatic carbocycles. The molecule has 0 unspecified atom stereocenters. The molecule has 18 heavy (non-hydrogen) atoms. The number of benzene rings is 1. The normalized spacial score (nSPS) is 18.6. The fourth-order valence-corrected chi connectivity index (χ4v) is 3.80. The van der Waals surface area contributed by atoms with Crippen molar-refractivity contribution in [2.75, 3.05) is 18.5 Å². The van der Waals surface area contributed by atoms with Crippen molar-refractivity contribution < 1.29 is 5.11 Å². The molecule has 4 heteroatoms. The quantitative estimate of drug-likeness (QED) is 0.806. The van der Waals surface area contributed by atoms with Crippen molar-refractivity contribution in [3.8, 4) is 0 Å². The van der Waals surface area contributed by atoms with Crippen LogP contribution in [0.25, 0.3) is 0 Å². The third kappa shape index (κ3) is 3.49. The van der Waals surface area contributed by atoms with E-state index in [1.165, 1.54) is 19.3 Å². The van der Waals surface area contributed by atoms with Crippen LogP contribution < -0.4 is 5.32 Å². The van der Waals surface area contributed by atoms with Gasteiger partial charge < -0.3 is 10.4 Å². The van der Waals surface area contributed by atoms with Gasteiger partial charge in [-0.25, -0.2) is 0 Å². The molecule has 1 saturated carbocycles. The zero-order valence-corrected chi connectivity index (χ0v) is 13.6. The predicted octanol–water partition coefficient (Wildman–Crippen LogP) is 4.57. The van der Waals surface area contributed by atoms with Gasteiger partial charge in [-0.15, -0.1) is 0 Å². The van der Waals surface area contributed by atoms with E-state index in [1.54, 1.807) is 0 Å². The van der Waals surface area contributed by atoms with Crippen LogP contribution in [0.15, 0.2) is 27.1 Å². The summed E-state index contributed by atoms with van der Waals surface area (Å²) in [4.78, 5) is 0. The molecule has 0 spiro atoms. The van der Waals surface area contributed by atoms with Gasteiger partial charge in [-0.2, -0.15) is 0 Å². The van der Waals surface area contributed by atoms with Crippen LogP contribution in [0.2, 0.25) is 0 Å². The van der Waals surface area contributed by atoms with E-state index in [2.05, 4.69) is 43.2 Å². The van der Waals surface area contributed by atoms with E-state index in [4.69, 9.17) is 0 Å². The highest BCUT2D eigenvalue weighted by molar-refractivity contribution is 9.11. The highest BCUT2D eigenvalue weighted by Gasteiger charge is 2.31. The topological polar surface area (TPSA) is 32.3 Å². The van der Waals surface area contributed by atoms with E-state index in [9.17, 15) is 5.11 Å². The second-order valence-corrected chi connectivity index (χ2v) is 6.97. The van der Waals surface area contributed by atoms with Crippen LogP contribution in [-0.4, -0.2) is 18.3 Å². The molecule has 0 heterocycles. The highest BCUT2D eigenvalue weighted by atomic mass is 79.9. The molecule has 0 aromatic heterocycles. The fourth-order valence-electron chi connectivity index (χ4n) is 2.61. The minimum atomic E-state index is 0.0742. The zero-order valence-electron chi connectivity index (χ0n) is 10.4. The van der Waals surface area contributed by atoms with E-state index in [0.29, 0.717) is 0 Å². The Morgan fingerprint density at radius 2 is 1.89 bits per heavy atom. The van der Waals surface area contributed by atoms with Gasteiger partial charge in [0.25, 0.3) is 0 Å². The summed E-state index contributed by atoms with van der Waals surface area (Å²) in [5.74, 6) is 0. The molecule has 0 aliphatic heterocycles. The lowest BCUT2D eigenvalue weighted by Crippen LogP contribution is -2.35. The van der Waals surface area contributed by atoms with Crippen LogP contribution in [0, 0.1) is 5.41 Å². The molecule has 1 aliphatic rings. The first-order valence-corrected chi connectivity index (χ1v) is 8.04. The number of anilines is 1. The minimum Gasteiger partial charge on any atom is -0.396 e. The Hall–Kier alpha value is -0.0600. The summed E-state index contributed by atoms with van der Waals surface area (Å²) >= 11 is 7.01. The second kappa shape index (κ2) is 6.40.